The number of amides is 1. The van der Waals surface area contributed by atoms with Crippen LogP contribution in [0.15, 0.2) is 16.0 Å². The van der Waals surface area contributed by atoms with E-state index in [1.54, 1.807) is 0 Å². The molecule has 0 saturated carbocycles. The van der Waals surface area contributed by atoms with Crippen molar-refractivity contribution in [3.63, 3.8) is 0 Å². The van der Waals surface area contributed by atoms with Gasteiger partial charge in [0.15, 0.2) is 0 Å². The maximum Gasteiger partial charge on any atom is 0.345 e. The van der Waals surface area contributed by atoms with Crippen LogP contribution in [0.5, 0.6) is 0 Å². The fourth-order valence-corrected chi connectivity index (χ4v) is 0.874. The Kier molecular flexibility index (Phi) is 1.00. The third-order valence-corrected chi connectivity index (χ3v) is 1.32. The minimum Gasteiger partial charge on any atom is -0.304 e. The second-order valence-electron chi connectivity index (χ2n) is 2.08. The molecular weight excluding hydrogens is 146 g/mol. The number of aromatic nitrogens is 2. The normalized spacial score (nSPS) is 13.6. The Bertz CT molecular complexity index is 485. The molecule has 0 fully saturated rings. The summed E-state index contributed by atoms with van der Waals surface area (Å²) in [7, 11) is 0. The summed E-state index contributed by atoms with van der Waals surface area (Å²) in [5.41, 5.74) is -0.468. The highest BCUT2D eigenvalue weighted by Gasteiger charge is 2.02. The summed E-state index contributed by atoms with van der Waals surface area (Å²) >= 11 is 0. The van der Waals surface area contributed by atoms with Crippen LogP contribution in [0.25, 0.3) is 6.08 Å². The minimum absolute atomic E-state index is 0.358. The summed E-state index contributed by atoms with van der Waals surface area (Å²) in [4.78, 5) is 30.6. The SMILES string of the molecule is O=C1C=c2[nH]c(=O)ncc2=N1. The number of nitrogens with one attached hydrogen (secondary N) is 1. The fourth-order valence-electron chi connectivity index (χ4n) is 0.874. The number of fused-ring (bicyclic) bond motifs is 1. The van der Waals surface area contributed by atoms with Gasteiger partial charge in [0.05, 0.1) is 11.5 Å². The molecule has 2 heterocycles. The molecule has 0 aromatic carbocycles. The highest BCUT2D eigenvalue weighted by molar-refractivity contribution is 6.05. The van der Waals surface area contributed by atoms with Crippen LogP contribution in [0, 0.1) is 0 Å². The Morgan fingerprint density at radius 2 is 2.18 bits per heavy atom. The average molecular weight is 149 g/mol. The lowest BCUT2D eigenvalue weighted by atomic mass is 10.5. The number of carbonyl (C=O) groups is 1. The van der Waals surface area contributed by atoms with Crippen molar-refractivity contribution in [2.75, 3.05) is 0 Å². The molecule has 1 aliphatic rings. The van der Waals surface area contributed by atoms with Gasteiger partial charge in [0.2, 0.25) is 0 Å². The number of hydrogen-bond donors (Lipinski definition) is 1. The fraction of sp³-hybridized carbons (Fsp3) is 0. The van der Waals surface area contributed by atoms with Crippen LogP contribution in [-0.4, -0.2) is 15.9 Å². The minimum atomic E-state index is -0.468. The van der Waals surface area contributed by atoms with Crippen molar-refractivity contribution in [1.82, 2.24) is 9.97 Å². The van der Waals surface area contributed by atoms with Gasteiger partial charge < -0.3 is 4.98 Å². The lowest BCUT2D eigenvalue weighted by molar-refractivity contribution is -0.112. The van der Waals surface area contributed by atoms with Crippen molar-refractivity contribution in [1.29, 1.82) is 0 Å². The van der Waals surface area contributed by atoms with Crippen molar-refractivity contribution >= 4 is 12.0 Å². The molecule has 0 unspecified atom stereocenters. The second-order valence-corrected chi connectivity index (χ2v) is 2.08. The van der Waals surface area contributed by atoms with Crippen LogP contribution in [0.3, 0.4) is 0 Å². The number of rotatable bonds is 0. The first-order valence-electron chi connectivity index (χ1n) is 2.95. The summed E-state index contributed by atoms with van der Waals surface area (Å²) in [5.74, 6) is -0.358. The van der Waals surface area contributed by atoms with Crippen LogP contribution in [0.4, 0.5) is 0 Å². The smallest absolute Gasteiger partial charge is 0.304 e. The Morgan fingerprint density at radius 1 is 1.36 bits per heavy atom. The summed E-state index contributed by atoms with van der Waals surface area (Å²) in [5, 5.41) is 0.865. The molecule has 2 rings (SSSR count). The zero-order valence-electron chi connectivity index (χ0n) is 5.37. The first-order valence-corrected chi connectivity index (χ1v) is 2.95. The first-order chi connectivity index (χ1) is 5.25. The molecule has 11 heavy (non-hydrogen) atoms. The van der Waals surface area contributed by atoms with Gasteiger partial charge in [-0.1, -0.05) is 0 Å². The van der Waals surface area contributed by atoms with Crippen LogP contribution >= 0.6 is 0 Å². The van der Waals surface area contributed by atoms with E-state index in [1.807, 2.05) is 0 Å². The summed E-state index contributed by atoms with van der Waals surface area (Å²) in [6.45, 7) is 0. The molecule has 5 heteroatoms. The number of H-pyrrole nitrogens is 1. The van der Waals surface area contributed by atoms with Gasteiger partial charge in [0, 0.05) is 6.08 Å². The van der Waals surface area contributed by atoms with E-state index in [1.165, 1.54) is 12.3 Å². The van der Waals surface area contributed by atoms with E-state index in [0.29, 0.717) is 10.7 Å². The van der Waals surface area contributed by atoms with E-state index in [2.05, 4.69) is 15.0 Å². The molecule has 1 amide bonds. The Hall–Kier alpha value is -1.78. The summed E-state index contributed by atoms with van der Waals surface area (Å²) < 4.78 is 0. The Morgan fingerprint density at radius 3 is 3.00 bits per heavy atom. The highest BCUT2D eigenvalue weighted by Crippen LogP contribution is 1.76. The van der Waals surface area contributed by atoms with Gasteiger partial charge in [0.1, 0.15) is 5.36 Å². The molecule has 0 atom stereocenters. The number of nitrogens with zero attached hydrogens (tertiary/aromatic N) is 2. The summed E-state index contributed by atoms with van der Waals surface area (Å²) in [6.07, 6.45) is 2.54. The van der Waals surface area contributed by atoms with Crippen LogP contribution < -0.4 is 16.4 Å². The zero-order chi connectivity index (χ0) is 7.84. The van der Waals surface area contributed by atoms with E-state index in [0.717, 1.165) is 0 Å². The molecule has 1 aromatic heterocycles. The quantitative estimate of drug-likeness (QED) is 0.451. The molecule has 0 radical (unpaired) electrons. The topological polar surface area (TPSA) is 75.2 Å². The maximum absolute atomic E-state index is 10.6. The van der Waals surface area contributed by atoms with Crippen molar-refractivity contribution < 1.29 is 4.79 Å². The van der Waals surface area contributed by atoms with Crippen LogP contribution in [0.1, 0.15) is 0 Å². The highest BCUT2D eigenvalue weighted by atomic mass is 16.1. The van der Waals surface area contributed by atoms with Crippen molar-refractivity contribution in [2.24, 2.45) is 4.99 Å². The third-order valence-electron chi connectivity index (χ3n) is 1.32. The summed E-state index contributed by atoms with van der Waals surface area (Å²) in [6, 6.07) is 0. The van der Waals surface area contributed by atoms with Gasteiger partial charge >= 0.3 is 5.69 Å². The van der Waals surface area contributed by atoms with Crippen molar-refractivity contribution in [2.45, 2.75) is 0 Å². The molecule has 0 bridgehead atoms. The monoisotopic (exact) mass is 149 g/mol. The Labute approximate surface area is 60.1 Å². The van der Waals surface area contributed by atoms with E-state index >= 15 is 0 Å². The molecule has 1 N–H and O–H groups in total. The number of carbonyl (C=O) groups excluding carboxylic acids is 1. The lowest BCUT2D eigenvalue weighted by Gasteiger charge is -1.78. The second kappa shape index (κ2) is 1.85. The predicted octanol–water partition coefficient (Wildman–Crippen LogP) is -2.29. The Balaban J connectivity index is 3.00. The molecule has 0 aliphatic carbocycles. The predicted molar refractivity (Wildman–Crippen MR) is 35.1 cm³/mol. The molecular formula is C6H3N3O2. The lowest BCUT2D eigenvalue weighted by Crippen LogP contribution is -2.33. The van der Waals surface area contributed by atoms with Gasteiger partial charge in [0.25, 0.3) is 5.91 Å². The molecule has 1 aliphatic heterocycles. The average Bonchev–Trinajstić information content (AvgIpc) is 2.27. The standard InChI is InChI=1S/C6H3N3O2/c10-5-1-3-4(8-5)2-7-6(11)9-3/h1-2H,(H,9,11). The molecule has 54 valence electrons. The van der Waals surface area contributed by atoms with Gasteiger partial charge in [-0.2, -0.15) is 4.98 Å². The first kappa shape index (κ1) is 5.96. The number of hydrogen-bond acceptors (Lipinski definition) is 3. The molecule has 1 aromatic rings. The molecule has 0 saturated heterocycles. The number of aromatic amines is 1. The van der Waals surface area contributed by atoms with Crippen molar-refractivity contribution in [3.05, 3.63) is 27.4 Å². The molecule has 0 spiro atoms. The van der Waals surface area contributed by atoms with E-state index in [4.69, 9.17) is 0 Å². The van der Waals surface area contributed by atoms with Gasteiger partial charge in [-0.3, -0.25) is 4.79 Å². The van der Waals surface area contributed by atoms with Gasteiger partial charge in [-0.15, -0.1) is 0 Å². The molecule has 5 nitrogen and oxygen atoms in total. The van der Waals surface area contributed by atoms with Gasteiger partial charge in [-0.25, -0.2) is 9.79 Å². The van der Waals surface area contributed by atoms with Crippen LogP contribution in [0.2, 0.25) is 0 Å². The largest absolute Gasteiger partial charge is 0.345 e. The maximum atomic E-state index is 10.6. The van der Waals surface area contributed by atoms with Crippen LogP contribution in [-0.2, 0) is 4.79 Å². The van der Waals surface area contributed by atoms with E-state index in [-0.39, 0.29) is 5.91 Å². The van der Waals surface area contributed by atoms with E-state index in [9.17, 15) is 9.59 Å². The van der Waals surface area contributed by atoms with E-state index < -0.39 is 5.69 Å². The van der Waals surface area contributed by atoms with Gasteiger partial charge in [-0.05, 0) is 0 Å². The third kappa shape index (κ3) is 0.861. The van der Waals surface area contributed by atoms with Crippen molar-refractivity contribution in [3.8, 4) is 0 Å². The zero-order valence-corrected chi connectivity index (χ0v) is 5.37.